The minimum atomic E-state index is -0.262. The Morgan fingerprint density at radius 1 is 1.29 bits per heavy atom. The van der Waals surface area contributed by atoms with E-state index in [4.69, 9.17) is 9.84 Å². The zero-order valence-electron chi connectivity index (χ0n) is 8.68. The lowest BCUT2D eigenvalue weighted by Gasteiger charge is -2.18. The molecule has 1 aliphatic heterocycles. The first-order valence-corrected chi connectivity index (χ1v) is 4.74. The van der Waals surface area contributed by atoms with Gasteiger partial charge in [-0.3, -0.25) is 4.98 Å². The van der Waals surface area contributed by atoms with E-state index in [-0.39, 0.29) is 11.5 Å². The zero-order valence-corrected chi connectivity index (χ0v) is 8.68. The quantitative estimate of drug-likeness (QED) is 0.682. The van der Waals surface area contributed by atoms with Crippen LogP contribution >= 0.6 is 0 Å². The normalized spacial score (nSPS) is 23.8. The highest BCUT2D eigenvalue weighted by Crippen LogP contribution is 2.26. The minimum Gasteiger partial charge on any atom is -0.390 e. The maximum atomic E-state index is 9.13. The van der Waals surface area contributed by atoms with Gasteiger partial charge in [0.05, 0.1) is 19.3 Å². The van der Waals surface area contributed by atoms with Crippen molar-refractivity contribution in [1.29, 1.82) is 0 Å². The van der Waals surface area contributed by atoms with Crippen LogP contribution in [0.5, 0.6) is 0 Å². The summed E-state index contributed by atoms with van der Waals surface area (Å²) in [5.74, 6) is 0. The number of hydrogen-bond donors (Lipinski definition) is 1. The smallest absolute Gasteiger partial charge is 0.0846 e. The van der Waals surface area contributed by atoms with Gasteiger partial charge >= 0.3 is 0 Å². The second-order valence-corrected chi connectivity index (χ2v) is 4.04. The molecule has 0 radical (unpaired) electrons. The molecule has 1 N–H and O–H groups in total. The standard InChI is InChI=1S/C6H12O2.C5H5N/c1-6(2)4-8-3-5(6)7;1-2-4-6-5-3-1/h5,7H,3-4H2,1-2H3;1-5H/t5-;/m0./s1. The average Bonchev–Trinajstić information content (AvgIpc) is 2.49. The third kappa shape index (κ3) is 3.44. The van der Waals surface area contributed by atoms with E-state index in [0.717, 1.165) is 0 Å². The van der Waals surface area contributed by atoms with E-state index in [1.54, 1.807) is 12.4 Å². The summed E-state index contributed by atoms with van der Waals surface area (Å²) in [5.41, 5.74) is -0.0139. The Kier molecular flexibility index (Phi) is 4.04. The van der Waals surface area contributed by atoms with E-state index < -0.39 is 0 Å². The molecule has 78 valence electrons. The molecule has 0 bridgehead atoms. The molecule has 1 atom stereocenters. The highest BCUT2D eigenvalue weighted by atomic mass is 16.5. The Hall–Kier alpha value is -0.930. The molecular formula is C11H17NO2. The number of rotatable bonds is 0. The molecule has 0 unspecified atom stereocenters. The maximum absolute atomic E-state index is 9.13. The van der Waals surface area contributed by atoms with Crippen molar-refractivity contribution in [3.63, 3.8) is 0 Å². The molecule has 1 aromatic rings. The van der Waals surface area contributed by atoms with Crippen LogP contribution in [0.2, 0.25) is 0 Å². The Morgan fingerprint density at radius 3 is 2.07 bits per heavy atom. The molecule has 14 heavy (non-hydrogen) atoms. The second-order valence-electron chi connectivity index (χ2n) is 4.04. The molecule has 0 aliphatic carbocycles. The number of aliphatic hydroxyl groups is 1. The Labute approximate surface area is 84.7 Å². The predicted octanol–water partition coefficient (Wildman–Crippen LogP) is 1.49. The number of nitrogens with zero attached hydrogens (tertiary/aromatic N) is 1. The summed E-state index contributed by atoms with van der Waals surface area (Å²) in [4.78, 5) is 3.78. The van der Waals surface area contributed by atoms with Crippen LogP contribution in [0.1, 0.15) is 13.8 Å². The van der Waals surface area contributed by atoms with Gasteiger partial charge < -0.3 is 9.84 Å². The van der Waals surface area contributed by atoms with Gasteiger partial charge in [-0.25, -0.2) is 0 Å². The topological polar surface area (TPSA) is 42.4 Å². The highest BCUT2D eigenvalue weighted by Gasteiger charge is 2.33. The van der Waals surface area contributed by atoms with E-state index in [9.17, 15) is 0 Å². The fraction of sp³-hybridized carbons (Fsp3) is 0.545. The number of ether oxygens (including phenoxy) is 1. The van der Waals surface area contributed by atoms with Crippen molar-refractivity contribution >= 4 is 0 Å². The molecule has 3 nitrogen and oxygen atoms in total. The lowest BCUT2D eigenvalue weighted by molar-refractivity contribution is 0.0925. The van der Waals surface area contributed by atoms with Crippen molar-refractivity contribution in [3.8, 4) is 0 Å². The maximum Gasteiger partial charge on any atom is 0.0846 e. The molecule has 3 heteroatoms. The first kappa shape index (κ1) is 11.1. The number of pyridine rings is 1. The van der Waals surface area contributed by atoms with Crippen LogP contribution < -0.4 is 0 Å². The first-order valence-electron chi connectivity index (χ1n) is 4.74. The van der Waals surface area contributed by atoms with Crippen LogP contribution in [0.4, 0.5) is 0 Å². The third-order valence-electron chi connectivity index (χ3n) is 2.22. The largest absolute Gasteiger partial charge is 0.390 e. The van der Waals surface area contributed by atoms with Crippen molar-refractivity contribution in [2.75, 3.05) is 13.2 Å². The average molecular weight is 195 g/mol. The van der Waals surface area contributed by atoms with Crippen LogP contribution in [0.15, 0.2) is 30.6 Å². The van der Waals surface area contributed by atoms with Crippen molar-refractivity contribution in [2.45, 2.75) is 20.0 Å². The monoisotopic (exact) mass is 195 g/mol. The van der Waals surface area contributed by atoms with Crippen LogP contribution in [-0.2, 0) is 4.74 Å². The van der Waals surface area contributed by atoms with Crippen molar-refractivity contribution < 1.29 is 9.84 Å². The van der Waals surface area contributed by atoms with Gasteiger partial charge in [-0.1, -0.05) is 19.9 Å². The molecular weight excluding hydrogens is 178 g/mol. The molecule has 1 aliphatic rings. The lowest BCUT2D eigenvalue weighted by Crippen LogP contribution is -2.26. The van der Waals surface area contributed by atoms with Gasteiger partial charge in [0.25, 0.3) is 0 Å². The summed E-state index contributed by atoms with van der Waals surface area (Å²) in [6.45, 7) is 5.20. The van der Waals surface area contributed by atoms with E-state index in [1.165, 1.54) is 0 Å². The second kappa shape index (κ2) is 5.08. The van der Waals surface area contributed by atoms with Crippen molar-refractivity contribution in [3.05, 3.63) is 30.6 Å². The predicted molar refractivity (Wildman–Crippen MR) is 54.8 cm³/mol. The summed E-state index contributed by atoms with van der Waals surface area (Å²) in [6.07, 6.45) is 3.24. The van der Waals surface area contributed by atoms with Crippen LogP contribution in [-0.4, -0.2) is 29.4 Å². The van der Waals surface area contributed by atoms with E-state index in [2.05, 4.69) is 4.98 Å². The summed E-state index contributed by atoms with van der Waals surface area (Å²) < 4.78 is 5.02. The summed E-state index contributed by atoms with van der Waals surface area (Å²) in [6, 6.07) is 5.72. The van der Waals surface area contributed by atoms with Crippen molar-refractivity contribution in [1.82, 2.24) is 4.98 Å². The summed E-state index contributed by atoms with van der Waals surface area (Å²) >= 11 is 0. The van der Waals surface area contributed by atoms with Gasteiger partial charge in [-0.2, -0.15) is 0 Å². The van der Waals surface area contributed by atoms with Gasteiger partial charge in [0.1, 0.15) is 0 Å². The van der Waals surface area contributed by atoms with Crippen LogP contribution in [0.3, 0.4) is 0 Å². The fourth-order valence-corrected chi connectivity index (χ4v) is 1.07. The summed E-state index contributed by atoms with van der Waals surface area (Å²) in [7, 11) is 0. The van der Waals surface area contributed by atoms with Gasteiger partial charge in [0.2, 0.25) is 0 Å². The zero-order chi connectivity index (χ0) is 10.4. The number of hydrogen-bond acceptors (Lipinski definition) is 3. The lowest BCUT2D eigenvalue weighted by atomic mass is 9.90. The minimum absolute atomic E-state index is 0.0139. The number of aromatic nitrogens is 1. The molecule has 0 aromatic carbocycles. The van der Waals surface area contributed by atoms with Crippen molar-refractivity contribution in [2.24, 2.45) is 5.41 Å². The SMILES string of the molecule is CC1(C)COC[C@@H]1O.c1ccncc1. The van der Waals surface area contributed by atoms with E-state index >= 15 is 0 Å². The van der Waals surface area contributed by atoms with E-state index in [0.29, 0.717) is 13.2 Å². The van der Waals surface area contributed by atoms with Crippen LogP contribution in [0.25, 0.3) is 0 Å². The van der Waals surface area contributed by atoms with Gasteiger partial charge in [-0.05, 0) is 12.1 Å². The summed E-state index contributed by atoms with van der Waals surface area (Å²) in [5, 5.41) is 9.13. The van der Waals surface area contributed by atoms with Gasteiger partial charge in [-0.15, -0.1) is 0 Å². The van der Waals surface area contributed by atoms with Gasteiger partial charge in [0, 0.05) is 17.8 Å². The fourth-order valence-electron chi connectivity index (χ4n) is 1.07. The van der Waals surface area contributed by atoms with Gasteiger partial charge in [0.15, 0.2) is 0 Å². The van der Waals surface area contributed by atoms with Crippen LogP contribution in [0, 0.1) is 5.41 Å². The Morgan fingerprint density at radius 2 is 1.93 bits per heavy atom. The number of aliphatic hydroxyl groups excluding tert-OH is 1. The Balaban J connectivity index is 0.000000146. The third-order valence-corrected chi connectivity index (χ3v) is 2.22. The molecule has 0 saturated carbocycles. The highest BCUT2D eigenvalue weighted by molar-refractivity contribution is 4.88. The molecule has 2 rings (SSSR count). The molecule has 1 aromatic heterocycles. The first-order chi connectivity index (χ1) is 6.63. The molecule has 1 saturated heterocycles. The Bertz CT molecular complexity index is 222. The molecule has 0 spiro atoms. The molecule has 2 heterocycles. The molecule has 1 fully saturated rings. The van der Waals surface area contributed by atoms with E-state index in [1.807, 2.05) is 32.0 Å². The molecule has 0 amide bonds.